The van der Waals surface area contributed by atoms with E-state index in [1.807, 2.05) is 25.3 Å². The van der Waals surface area contributed by atoms with Crippen LogP contribution in [0.4, 0.5) is 0 Å². The molecule has 2 aromatic rings. The lowest BCUT2D eigenvalue weighted by atomic mass is 10.00. The van der Waals surface area contributed by atoms with Crippen molar-refractivity contribution < 1.29 is 4.74 Å². The minimum atomic E-state index is 0.186. The Bertz CT molecular complexity index is 643. The van der Waals surface area contributed by atoms with E-state index in [0.717, 1.165) is 35.5 Å². The predicted molar refractivity (Wildman–Crippen MR) is 85.1 cm³/mol. The Hall–Kier alpha value is -1.29. The van der Waals surface area contributed by atoms with Crippen LogP contribution in [0.2, 0.25) is 10.0 Å². The number of hydrogen-bond donors (Lipinski definition) is 1. The molecule has 5 heteroatoms. The normalized spacial score (nSPS) is 17.2. The van der Waals surface area contributed by atoms with Crippen molar-refractivity contribution in [2.45, 2.75) is 25.9 Å². The van der Waals surface area contributed by atoms with E-state index in [9.17, 15) is 0 Å². The van der Waals surface area contributed by atoms with Crippen LogP contribution >= 0.6 is 23.2 Å². The number of rotatable bonds is 3. The highest BCUT2D eigenvalue weighted by atomic mass is 35.5. The van der Waals surface area contributed by atoms with Gasteiger partial charge in [-0.3, -0.25) is 4.98 Å². The molecule has 0 fully saturated rings. The number of nitrogens with zero attached hydrogens (tertiary/aromatic N) is 1. The van der Waals surface area contributed by atoms with E-state index in [1.54, 1.807) is 6.07 Å². The van der Waals surface area contributed by atoms with Crippen LogP contribution in [0, 0.1) is 6.92 Å². The lowest BCUT2D eigenvalue weighted by Crippen LogP contribution is -2.27. The fourth-order valence-electron chi connectivity index (χ4n) is 2.48. The van der Waals surface area contributed by atoms with E-state index >= 15 is 0 Å². The monoisotopic (exact) mass is 322 g/mol. The molecular formula is C16H16Cl2N2O. The Morgan fingerprint density at radius 3 is 2.95 bits per heavy atom. The third kappa shape index (κ3) is 3.31. The van der Waals surface area contributed by atoms with Crippen LogP contribution in [0.1, 0.15) is 29.3 Å². The summed E-state index contributed by atoms with van der Waals surface area (Å²) in [6.45, 7) is 3.38. The summed E-state index contributed by atoms with van der Waals surface area (Å²) in [5.74, 6) is 0.742. The number of nitrogens with one attached hydrogen (secondary N) is 1. The third-order valence-corrected chi connectivity index (χ3v) is 4.09. The minimum Gasteiger partial charge on any atom is -0.492 e. The van der Waals surface area contributed by atoms with Gasteiger partial charge in [-0.1, -0.05) is 29.3 Å². The van der Waals surface area contributed by atoms with E-state index in [1.165, 1.54) is 0 Å². The molecule has 1 aromatic heterocycles. The highest BCUT2D eigenvalue weighted by Gasteiger charge is 2.23. The summed E-state index contributed by atoms with van der Waals surface area (Å²) in [5.41, 5.74) is 3.20. The summed E-state index contributed by atoms with van der Waals surface area (Å²) in [5, 5.41) is 4.73. The summed E-state index contributed by atoms with van der Waals surface area (Å²) in [6.07, 6.45) is 2.79. The van der Waals surface area contributed by atoms with Gasteiger partial charge in [-0.2, -0.15) is 0 Å². The Balaban J connectivity index is 1.77. The molecule has 0 saturated heterocycles. The smallest absolute Gasteiger partial charge is 0.142 e. The largest absolute Gasteiger partial charge is 0.492 e. The molecule has 110 valence electrons. The molecule has 0 bridgehead atoms. The van der Waals surface area contributed by atoms with Crippen molar-refractivity contribution in [3.05, 3.63) is 57.3 Å². The molecule has 1 aliphatic rings. The van der Waals surface area contributed by atoms with E-state index in [0.29, 0.717) is 16.7 Å². The van der Waals surface area contributed by atoms with E-state index in [-0.39, 0.29) is 6.04 Å². The standard InChI is InChI=1S/C16H16Cl2N2O/c1-10-2-3-11(8-19-10)9-20-15-4-5-21-16-13(15)6-12(17)7-14(16)18/h2-3,6-8,15,20H,4-5,9H2,1H3. The number of fused-ring (bicyclic) bond motifs is 1. The molecule has 0 saturated carbocycles. The van der Waals surface area contributed by atoms with E-state index in [4.69, 9.17) is 27.9 Å². The summed E-state index contributed by atoms with van der Waals surface area (Å²) >= 11 is 12.3. The van der Waals surface area contributed by atoms with Crippen LogP contribution in [-0.2, 0) is 6.54 Å². The Morgan fingerprint density at radius 1 is 1.33 bits per heavy atom. The second-order valence-electron chi connectivity index (χ2n) is 5.18. The molecular weight excluding hydrogens is 307 g/mol. The van der Waals surface area contributed by atoms with Crippen molar-refractivity contribution in [1.82, 2.24) is 10.3 Å². The first kappa shape index (κ1) is 14.6. The molecule has 0 spiro atoms. The number of benzene rings is 1. The van der Waals surface area contributed by atoms with Gasteiger partial charge in [-0.05, 0) is 30.7 Å². The van der Waals surface area contributed by atoms with Crippen LogP contribution in [0.15, 0.2) is 30.5 Å². The van der Waals surface area contributed by atoms with E-state index < -0.39 is 0 Å². The van der Waals surface area contributed by atoms with Gasteiger partial charge in [0.25, 0.3) is 0 Å². The van der Waals surface area contributed by atoms with Crippen molar-refractivity contribution >= 4 is 23.2 Å². The van der Waals surface area contributed by atoms with Gasteiger partial charge in [0.15, 0.2) is 0 Å². The van der Waals surface area contributed by atoms with Gasteiger partial charge in [-0.15, -0.1) is 0 Å². The number of hydrogen-bond acceptors (Lipinski definition) is 3. The molecule has 3 nitrogen and oxygen atoms in total. The lowest BCUT2D eigenvalue weighted by molar-refractivity contribution is 0.252. The van der Waals surface area contributed by atoms with Gasteiger partial charge < -0.3 is 10.1 Å². The van der Waals surface area contributed by atoms with Crippen LogP contribution in [0.25, 0.3) is 0 Å². The van der Waals surface area contributed by atoms with Crippen LogP contribution in [0.3, 0.4) is 0 Å². The second-order valence-corrected chi connectivity index (χ2v) is 6.03. The predicted octanol–water partition coefficient (Wildman–Crippen LogP) is 4.31. The zero-order valence-electron chi connectivity index (χ0n) is 11.7. The Morgan fingerprint density at radius 2 is 2.19 bits per heavy atom. The molecule has 3 rings (SSSR count). The Kier molecular flexibility index (Phi) is 4.34. The topological polar surface area (TPSA) is 34.1 Å². The minimum absolute atomic E-state index is 0.186. The molecule has 21 heavy (non-hydrogen) atoms. The van der Waals surface area contributed by atoms with Crippen molar-refractivity contribution in [2.75, 3.05) is 6.61 Å². The van der Waals surface area contributed by atoms with Crippen molar-refractivity contribution in [2.24, 2.45) is 0 Å². The summed E-state index contributed by atoms with van der Waals surface area (Å²) in [6, 6.07) is 7.93. The summed E-state index contributed by atoms with van der Waals surface area (Å²) in [7, 11) is 0. The average molecular weight is 323 g/mol. The molecule has 0 radical (unpaired) electrons. The van der Waals surface area contributed by atoms with Crippen LogP contribution in [-0.4, -0.2) is 11.6 Å². The summed E-state index contributed by atoms with van der Waals surface area (Å²) < 4.78 is 5.66. The zero-order valence-corrected chi connectivity index (χ0v) is 13.2. The van der Waals surface area contributed by atoms with Gasteiger partial charge in [-0.25, -0.2) is 0 Å². The molecule has 1 N–H and O–H groups in total. The summed E-state index contributed by atoms with van der Waals surface area (Å²) in [4.78, 5) is 4.31. The van der Waals surface area contributed by atoms with Gasteiger partial charge in [0.2, 0.25) is 0 Å². The van der Waals surface area contributed by atoms with Crippen LogP contribution in [0.5, 0.6) is 5.75 Å². The first-order chi connectivity index (χ1) is 10.1. The number of aryl methyl sites for hydroxylation is 1. The molecule has 1 unspecified atom stereocenters. The molecule has 1 atom stereocenters. The Labute approximate surface area is 134 Å². The molecule has 1 aliphatic heterocycles. The first-order valence-electron chi connectivity index (χ1n) is 6.90. The first-order valence-corrected chi connectivity index (χ1v) is 7.66. The highest BCUT2D eigenvalue weighted by molar-refractivity contribution is 6.35. The third-order valence-electron chi connectivity index (χ3n) is 3.59. The number of aromatic nitrogens is 1. The zero-order chi connectivity index (χ0) is 14.8. The van der Waals surface area contributed by atoms with Crippen LogP contribution < -0.4 is 10.1 Å². The van der Waals surface area contributed by atoms with Crippen molar-refractivity contribution in [1.29, 1.82) is 0 Å². The molecule has 0 aliphatic carbocycles. The SMILES string of the molecule is Cc1ccc(CNC2CCOc3c(Cl)cc(Cl)cc32)cn1. The van der Waals surface area contributed by atoms with Crippen molar-refractivity contribution in [3.63, 3.8) is 0 Å². The fourth-order valence-corrected chi connectivity index (χ4v) is 3.05. The lowest BCUT2D eigenvalue weighted by Gasteiger charge is -2.27. The van der Waals surface area contributed by atoms with Crippen molar-refractivity contribution in [3.8, 4) is 5.75 Å². The maximum atomic E-state index is 6.20. The van der Waals surface area contributed by atoms with E-state index in [2.05, 4.69) is 16.4 Å². The van der Waals surface area contributed by atoms with Gasteiger partial charge >= 0.3 is 0 Å². The molecule has 0 amide bonds. The highest BCUT2D eigenvalue weighted by Crippen LogP contribution is 2.39. The number of halogens is 2. The molecule has 2 heterocycles. The number of pyridine rings is 1. The maximum absolute atomic E-state index is 6.20. The van der Waals surface area contributed by atoms with Gasteiger partial charge in [0.1, 0.15) is 5.75 Å². The molecule has 1 aromatic carbocycles. The average Bonchev–Trinajstić information content (AvgIpc) is 2.47. The van der Waals surface area contributed by atoms with Gasteiger partial charge in [0, 0.05) is 41.5 Å². The maximum Gasteiger partial charge on any atom is 0.142 e. The fraction of sp³-hybridized carbons (Fsp3) is 0.312. The van der Waals surface area contributed by atoms with Gasteiger partial charge in [0.05, 0.1) is 11.6 Å². The quantitative estimate of drug-likeness (QED) is 0.914. The number of ether oxygens (including phenoxy) is 1. The second kappa shape index (κ2) is 6.22.